The first-order valence-corrected chi connectivity index (χ1v) is 11.0. The van der Waals surface area contributed by atoms with E-state index in [0.717, 1.165) is 11.1 Å². The smallest absolute Gasteiger partial charge is 0.244 e. The summed E-state index contributed by atoms with van der Waals surface area (Å²) in [4.78, 5) is 0.926. The van der Waals surface area contributed by atoms with Gasteiger partial charge in [-0.1, -0.05) is 49.2 Å². The maximum Gasteiger partial charge on any atom is 0.244 e. The van der Waals surface area contributed by atoms with E-state index in [4.69, 9.17) is 0 Å². The fourth-order valence-corrected chi connectivity index (χ4v) is 7.03. The van der Waals surface area contributed by atoms with E-state index in [-0.39, 0.29) is 16.9 Å². The van der Waals surface area contributed by atoms with Gasteiger partial charge in [-0.25, -0.2) is 8.42 Å². The molecule has 2 unspecified atom stereocenters. The van der Waals surface area contributed by atoms with Crippen LogP contribution in [0.2, 0.25) is 0 Å². The summed E-state index contributed by atoms with van der Waals surface area (Å²) >= 11 is 0. The molecule has 2 aromatic rings. The third-order valence-corrected chi connectivity index (χ3v) is 8.21. The first-order valence-electron chi connectivity index (χ1n) is 8.31. The van der Waals surface area contributed by atoms with Crippen LogP contribution in [0.1, 0.15) is 25.0 Å². The number of aryl methyl sites for hydroxylation is 2. The summed E-state index contributed by atoms with van der Waals surface area (Å²) in [5.41, 5.74) is 2.09. The fraction of sp³-hybridized carbons (Fsp3) is 0.368. The van der Waals surface area contributed by atoms with Gasteiger partial charge in [0.15, 0.2) is 0 Å². The molecule has 1 aliphatic heterocycles. The molecule has 3 rings (SSSR count). The molecule has 0 bridgehead atoms. The summed E-state index contributed by atoms with van der Waals surface area (Å²) in [7, 11) is -5.04. The first kappa shape index (κ1) is 18.3. The molecular formula is C19H23NO3S2. The Hall–Kier alpha value is -1.50. The minimum Gasteiger partial charge on any atom is -0.253 e. The quantitative estimate of drug-likeness (QED) is 0.750. The van der Waals surface area contributed by atoms with Gasteiger partial charge in [0.2, 0.25) is 10.0 Å². The largest absolute Gasteiger partial charge is 0.253 e. The minimum absolute atomic E-state index is 0.0969. The second kappa shape index (κ2) is 6.67. The van der Waals surface area contributed by atoms with Crippen molar-refractivity contribution >= 4 is 20.8 Å². The van der Waals surface area contributed by atoms with Crippen molar-refractivity contribution in [2.75, 3.05) is 0 Å². The third-order valence-electron chi connectivity index (χ3n) is 4.50. The van der Waals surface area contributed by atoms with E-state index < -0.39 is 26.2 Å². The van der Waals surface area contributed by atoms with Gasteiger partial charge in [-0.15, -0.1) is 0 Å². The van der Waals surface area contributed by atoms with Crippen molar-refractivity contribution in [1.29, 1.82) is 0 Å². The number of nitrogens with zero attached hydrogens (tertiary/aromatic N) is 1. The summed E-state index contributed by atoms with van der Waals surface area (Å²) in [5.74, 6) is 0.0969. The molecule has 2 aromatic carbocycles. The average Bonchev–Trinajstić information content (AvgIpc) is 3.32. The summed E-state index contributed by atoms with van der Waals surface area (Å²) in [6, 6.07) is 14.0. The highest BCUT2D eigenvalue weighted by Crippen LogP contribution is 2.43. The van der Waals surface area contributed by atoms with E-state index in [0.29, 0.717) is 4.90 Å². The molecule has 0 amide bonds. The molecule has 1 aliphatic rings. The summed E-state index contributed by atoms with van der Waals surface area (Å²) in [6.45, 7) is 7.82. The van der Waals surface area contributed by atoms with Crippen molar-refractivity contribution in [2.24, 2.45) is 5.92 Å². The van der Waals surface area contributed by atoms with Crippen molar-refractivity contribution in [3.63, 3.8) is 0 Å². The van der Waals surface area contributed by atoms with Gasteiger partial charge in [-0.05, 0) is 44.0 Å². The Morgan fingerprint density at radius 3 is 1.88 bits per heavy atom. The maximum absolute atomic E-state index is 13.0. The molecule has 1 fully saturated rings. The van der Waals surface area contributed by atoms with Crippen LogP contribution in [-0.2, 0) is 20.8 Å². The van der Waals surface area contributed by atoms with E-state index in [1.54, 1.807) is 24.3 Å². The second-order valence-corrected chi connectivity index (χ2v) is 10.3. The molecule has 0 aromatic heterocycles. The molecule has 0 spiro atoms. The molecule has 4 atom stereocenters. The van der Waals surface area contributed by atoms with Gasteiger partial charge in [0.1, 0.15) is 5.37 Å². The molecule has 0 saturated carbocycles. The van der Waals surface area contributed by atoms with Crippen molar-refractivity contribution in [3.05, 3.63) is 59.7 Å². The van der Waals surface area contributed by atoms with E-state index >= 15 is 0 Å². The zero-order valence-electron chi connectivity index (χ0n) is 14.8. The lowest BCUT2D eigenvalue weighted by Gasteiger charge is -2.08. The average molecular weight is 378 g/mol. The van der Waals surface area contributed by atoms with Crippen molar-refractivity contribution in [1.82, 2.24) is 4.31 Å². The highest BCUT2D eigenvalue weighted by Gasteiger charge is 2.60. The number of sulfonamides is 1. The zero-order chi connectivity index (χ0) is 18.4. The Morgan fingerprint density at radius 2 is 1.40 bits per heavy atom. The van der Waals surface area contributed by atoms with E-state index in [1.807, 2.05) is 52.0 Å². The van der Waals surface area contributed by atoms with Gasteiger partial charge >= 0.3 is 0 Å². The monoisotopic (exact) mass is 377 g/mol. The van der Waals surface area contributed by atoms with E-state index in [9.17, 15) is 12.6 Å². The third kappa shape index (κ3) is 3.43. The highest BCUT2D eigenvalue weighted by atomic mass is 32.2. The molecule has 0 N–H and O–H groups in total. The Kier molecular flexibility index (Phi) is 4.88. The Bertz CT molecular complexity index is 887. The van der Waals surface area contributed by atoms with E-state index in [2.05, 4.69) is 0 Å². The molecule has 1 saturated heterocycles. The van der Waals surface area contributed by atoms with Crippen LogP contribution < -0.4 is 0 Å². The SMILES string of the molecule is Cc1ccc(S(=O)[C@H]2[C@@H](C(C)C)N2S(=O)(=O)c2ccc(C)cc2)cc1. The molecule has 6 heteroatoms. The molecule has 25 heavy (non-hydrogen) atoms. The maximum atomic E-state index is 13.0. The topological polar surface area (TPSA) is 54.2 Å². The second-order valence-electron chi connectivity index (χ2n) is 6.88. The molecule has 4 nitrogen and oxygen atoms in total. The normalized spacial score (nSPS) is 24.3. The summed E-state index contributed by atoms with van der Waals surface area (Å²) in [6.07, 6.45) is 0. The first-order chi connectivity index (χ1) is 11.7. The Labute approximate surface area is 152 Å². The molecule has 1 heterocycles. The fourth-order valence-electron chi connectivity index (χ4n) is 2.99. The van der Waals surface area contributed by atoms with Gasteiger partial charge in [-0.2, -0.15) is 4.31 Å². The van der Waals surface area contributed by atoms with Crippen LogP contribution in [0, 0.1) is 19.8 Å². The van der Waals surface area contributed by atoms with Crippen LogP contribution in [-0.4, -0.2) is 28.3 Å². The van der Waals surface area contributed by atoms with Crippen molar-refractivity contribution < 1.29 is 12.6 Å². The zero-order valence-corrected chi connectivity index (χ0v) is 16.5. The van der Waals surface area contributed by atoms with Gasteiger partial charge < -0.3 is 0 Å². The number of hydrogen-bond donors (Lipinski definition) is 0. The lowest BCUT2D eigenvalue weighted by Crippen LogP contribution is -2.18. The Balaban J connectivity index is 1.93. The molecule has 134 valence electrons. The number of rotatable bonds is 5. The highest BCUT2D eigenvalue weighted by molar-refractivity contribution is 7.92. The molecule has 0 radical (unpaired) electrons. The van der Waals surface area contributed by atoms with Crippen LogP contribution in [0.3, 0.4) is 0 Å². The predicted molar refractivity (Wildman–Crippen MR) is 100 cm³/mol. The van der Waals surface area contributed by atoms with Crippen LogP contribution in [0.4, 0.5) is 0 Å². The summed E-state index contributed by atoms with van der Waals surface area (Å²) in [5, 5.41) is -0.506. The minimum atomic E-state index is -3.65. The lowest BCUT2D eigenvalue weighted by molar-refractivity contribution is 0.518. The Morgan fingerprint density at radius 1 is 0.920 bits per heavy atom. The molecule has 0 aliphatic carbocycles. The number of benzene rings is 2. The summed E-state index contributed by atoms with van der Waals surface area (Å²) < 4.78 is 40.4. The predicted octanol–water partition coefficient (Wildman–Crippen LogP) is 3.47. The molecular weight excluding hydrogens is 354 g/mol. The lowest BCUT2D eigenvalue weighted by atomic mass is 10.1. The van der Waals surface area contributed by atoms with E-state index in [1.165, 1.54) is 4.31 Å². The van der Waals surface area contributed by atoms with Crippen molar-refractivity contribution in [2.45, 2.75) is 48.9 Å². The van der Waals surface area contributed by atoms with Crippen molar-refractivity contribution in [3.8, 4) is 0 Å². The van der Waals surface area contributed by atoms with Gasteiger partial charge in [0, 0.05) is 4.90 Å². The number of hydrogen-bond acceptors (Lipinski definition) is 3. The standard InChI is InChI=1S/C19H23NO3S2/c1-13(2)18-19(24(21)16-9-5-14(3)6-10-16)20(18)25(22,23)17-11-7-15(4)8-12-17/h5-13,18-19H,1-4H3/t18-,19+,20?,24?/m1/s1. The van der Waals surface area contributed by atoms with Gasteiger partial charge in [-0.3, -0.25) is 4.21 Å². The van der Waals surface area contributed by atoms with Crippen LogP contribution in [0.15, 0.2) is 58.3 Å². The van der Waals surface area contributed by atoms with Crippen LogP contribution in [0.5, 0.6) is 0 Å². The van der Waals surface area contributed by atoms with Gasteiger partial charge in [0.25, 0.3) is 0 Å². The van der Waals surface area contributed by atoms with Gasteiger partial charge in [0.05, 0.1) is 21.7 Å². The van der Waals surface area contributed by atoms with Crippen LogP contribution >= 0.6 is 0 Å². The van der Waals surface area contributed by atoms with Crippen LogP contribution in [0.25, 0.3) is 0 Å².